The van der Waals surface area contributed by atoms with Gasteiger partial charge in [0.1, 0.15) is 11.9 Å². The van der Waals surface area contributed by atoms with Gasteiger partial charge < -0.3 is 16.0 Å². The van der Waals surface area contributed by atoms with Crippen LogP contribution >= 0.6 is 0 Å². The molecule has 1 heterocycles. The van der Waals surface area contributed by atoms with Gasteiger partial charge in [-0.2, -0.15) is 5.10 Å². The zero-order chi connectivity index (χ0) is 20.6. The molecule has 1 saturated carbocycles. The van der Waals surface area contributed by atoms with Gasteiger partial charge in [-0.1, -0.05) is 43.2 Å². The fourth-order valence-electron chi connectivity index (χ4n) is 3.57. The standard InChI is InChI=1S/C21H27N5O3/c1-14(23-20(28)16-9-5-6-10-16)13-18(27)25-19(15-7-3-2-4-8-15)21(29)24-17-11-12-22-26-17/h2-4,7-8,11-12,14,16,19H,5-6,9-10,13H2,1H3,(H,23,28)(H,25,27)(H2,22,24,26,29). The summed E-state index contributed by atoms with van der Waals surface area (Å²) in [4.78, 5) is 37.6. The number of carbonyl (C=O) groups excluding carboxylic acids is 3. The highest BCUT2D eigenvalue weighted by atomic mass is 16.2. The third-order valence-corrected chi connectivity index (χ3v) is 5.07. The summed E-state index contributed by atoms with van der Waals surface area (Å²) < 4.78 is 0. The number of rotatable bonds is 8. The van der Waals surface area contributed by atoms with Crippen molar-refractivity contribution in [2.45, 2.75) is 51.1 Å². The van der Waals surface area contributed by atoms with Crippen molar-refractivity contribution in [3.05, 3.63) is 48.2 Å². The number of hydrogen-bond donors (Lipinski definition) is 4. The van der Waals surface area contributed by atoms with Crippen LogP contribution in [0.3, 0.4) is 0 Å². The van der Waals surface area contributed by atoms with E-state index in [0.717, 1.165) is 25.7 Å². The second-order valence-corrected chi connectivity index (χ2v) is 7.47. The van der Waals surface area contributed by atoms with Crippen LogP contribution in [0, 0.1) is 5.92 Å². The summed E-state index contributed by atoms with van der Waals surface area (Å²) in [6.07, 6.45) is 5.61. The number of aromatic nitrogens is 2. The fraction of sp³-hybridized carbons (Fsp3) is 0.429. The molecule has 0 spiro atoms. The van der Waals surface area contributed by atoms with E-state index >= 15 is 0 Å². The molecule has 1 aliphatic carbocycles. The summed E-state index contributed by atoms with van der Waals surface area (Å²) >= 11 is 0. The van der Waals surface area contributed by atoms with Crippen LogP contribution in [0.25, 0.3) is 0 Å². The van der Waals surface area contributed by atoms with Crippen LogP contribution in [0.1, 0.15) is 50.6 Å². The van der Waals surface area contributed by atoms with Crippen molar-refractivity contribution in [1.82, 2.24) is 20.8 Å². The molecular weight excluding hydrogens is 370 g/mol. The Balaban J connectivity index is 1.59. The van der Waals surface area contributed by atoms with E-state index in [2.05, 4.69) is 26.1 Å². The van der Waals surface area contributed by atoms with Gasteiger partial charge in [-0.3, -0.25) is 19.5 Å². The molecule has 154 valence electrons. The summed E-state index contributed by atoms with van der Waals surface area (Å²) in [5.74, 6) is -0.172. The molecule has 0 saturated heterocycles. The molecule has 8 heteroatoms. The molecule has 3 amide bonds. The predicted molar refractivity (Wildman–Crippen MR) is 109 cm³/mol. The lowest BCUT2D eigenvalue weighted by molar-refractivity contribution is -0.128. The van der Waals surface area contributed by atoms with Crippen LogP contribution in [-0.4, -0.2) is 34.0 Å². The van der Waals surface area contributed by atoms with Crippen LogP contribution in [-0.2, 0) is 14.4 Å². The molecule has 4 N–H and O–H groups in total. The molecule has 0 radical (unpaired) electrons. The first-order valence-corrected chi connectivity index (χ1v) is 9.98. The van der Waals surface area contributed by atoms with Crippen molar-refractivity contribution in [2.75, 3.05) is 5.32 Å². The van der Waals surface area contributed by atoms with Crippen molar-refractivity contribution in [3.8, 4) is 0 Å². The number of anilines is 1. The molecule has 1 fully saturated rings. The van der Waals surface area contributed by atoms with Crippen molar-refractivity contribution in [1.29, 1.82) is 0 Å². The lowest BCUT2D eigenvalue weighted by Gasteiger charge is -2.21. The first kappa shape index (κ1) is 20.6. The molecule has 2 atom stereocenters. The Bertz CT molecular complexity index is 816. The molecule has 1 aliphatic rings. The number of amides is 3. The maximum atomic E-state index is 12.7. The second kappa shape index (κ2) is 9.86. The minimum absolute atomic E-state index is 0.0133. The fourth-order valence-corrected chi connectivity index (χ4v) is 3.57. The Hall–Kier alpha value is -3.16. The van der Waals surface area contributed by atoms with Gasteiger partial charge >= 0.3 is 0 Å². The van der Waals surface area contributed by atoms with Crippen molar-refractivity contribution >= 4 is 23.5 Å². The highest BCUT2D eigenvalue weighted by molar-refractivity contribution is 5.97. The minimum Gasteiger partial charge on any atom is -0.353 e. The average molecular weight is 397 g/mol. The van der Waals surface area contributed by atoms with E-state index in [-0.39, 0.29) is 36.1 Å². The van der Waals surface area contributed by atoms with Crippen LogP contribution in [0.2, 0.25) is 0 Å². The normalized spacial score (nSPS) is 16.0. The highest BCUT2D eigenvalue weighted by Crippen LogP contribution is 2.24. The number of benzene rings is 1. The summed E-state index contributed by atoms with van der Waals surface area (Å²) in [5.41, 5.74) is 0.667. The van der Waals surface area contributed by atoms with Gasteiger partial charge in [0.15, 0.2) is 0 Å². The van der Waals surface area contributed by atoms with Gasteiger partial charge in [0.25, 0.3) is 5.91 Å². The largest absolute Gasteiger partial charge is 0.353 e. The maximum absolute atomic E-state index is 12.7. The Kier molecular flexibility index (Phi) is 6.99. The Morgan fingerprint density at radius 1 is 1.10 bits per heavy atom. The van der Waals surface area contributed by atoms with Gasteiger partial charge in [0.2, 0.25) is 11.8 Å². The van der Waals surface area contributed by atoms with Crippen molar-refractivity contribution < 1.29 is 14.4 Å². The Morgan fingerprint density at radius 2 is 1.83 bits per heavy atom. The van der Waals surface area contributed by atoms with Crippen LogP contribution in [0.15, 0.2) is 42.6 Å². The summed E-state index contributed by atoms with van der Waals surface area (Å²) in [6, 6.07) is 9.48. The Morgan fingerprint density at radius 3 is 2.48 bits per heavy atom. The molecule has 1 aromatic carbocycles. The van der Waals surface area contributed by atoms with E-state index in [9.17, 15) is 14.4 Å². The maximum Gasteiger partial charge on any atom is 0.252 e. The SMILES string of the molecule is CC(CC(=O)NC(C(=O)Nc1ccn[nH]1)c1ccccc1)NC(=O)C1CCCC1. The number of aromatic amines is 1. The van der Waals surface area contributed by atoms with Gasteiger partial charge in [0, 0.05) is 24.4 Å². The molecule has 1 aromatic heterocycles. The van der Waals surface area contributed by atoms with E-state index < -0.39 is 6.04 Å². The quantitative estimate of drug-likeness (QED) is 0.547. The molecular formula is C21H27N5O3. The molecule has 3 rings (SSSR count). The number of nitrogens with one attached hydrogen (secondary N) is 4. The minimum atomic E-state index is -0.857. The smallest absolute Gasteiger partial charge is 0.252 e. The molecule has 29 heavy (non-hydrogen) atoms. The van der Waals surface area contributed by atoms with E-state index in [4.69, 9.17) is 0 Å². The molecule has 0 bridgehead atoms. The number of carbonyl (C=O) groups is 3. The van der Waals surface area contributed by atoms with E-state index in [1.165, 1.54) is 6.20 Å². The molecule has 0 aliphatic heterocycles. The van der Waals surface area contributed by atoms with Crippen LogP contribution < -0.4 is 16.0 Å². The second-order valence-electron chi connectivity index (χ2n) is 7.47. The van der Waals surface area contributed by atoms with Crippen LogP contribution in [0.4, 0.5) is 5.82 Å². The van der Waals surface area contributed by atoms with Crippen molar-refractivity contribution in [3.63, 3.8) is 0 Å². The number of hydrogen-bond acceptors (Lipinski definition) is 4. The van der Waals surface area contributed by atoms with E-state index in [0.29, 0.717) is 11.4 Å². The first-order chi connectivity index (χ1) is 14.0. The average Bonchev–Trinajstić information content (AvgIpc) is 3.40. The predicted octanol–water partition coefficient (Wildman–Crippen LogP) is 2.29. The number of nitrogens with zero attached hydrogens (tertiary/aromatic N) is 1. The zero-order valence-corrected chi connectivity index (χ0v) is 16.5. The van der Waals surface area contributed by atoms with E-state index in [1.54, 1.807) is 25.1 Å². The molecule has 2 aromatic rings. The van der Waals surface area contributed by atoms with Gasteiger partial charge in [0.05, 0.1) is 6.20 Å². The lowest BCUT2D eigenvalue weighted by atomic mass is 10.0. The summed E-state index contributed by atoms with van der Waals surface area (Å²) in [7, 11) is 0. The van der Waals surface area contributed by atoms with Crippen LogP contribution in [0.5, 0.6) is 0 Å². The molecule has 2 unspecified atom stereocenters. The highest BCUT2D eigenvalue weighted by Gasteiger charge is 2.26. The van der Waals surface area contributed by atoms with Gasteiger partial charge in [-0.25, -0.2) is 0 Å². The first-order valence-electron chi connectivity index (χ1n) is 9.98. The Labute approximate surface area is 169 Å². The molecule has 8 nitrogen and oxygen atoms in total. The monoisotopic (exact) mass is 397 g/mol. The summed E-state index contributed by atoms with van der Waals surface area (Å²) in [5, 5.41) is 14.9. The van der Waals surface area contributed by atoms with Crippen molar-refractivity contribution in [2.24, 2.45) is 5.92 Å². The third kappa shape index (κ3) is 5.91. The third-order valence-electron chi connectivity index (χ3n) is 5.07. The van der Waals surface area contributed by atoms with Gasteiger partial charge in [-0.15, -0.1) is 0 Å². The lowest BCUT2D eigenvalue weighted by Crippen LogP contribution is -2.42. The topological polar surface area (TPSA) is 116 Å². The zero-order valence-electron chi connectivity index (χ0n) is 16.5. The number of H-pyrrole nitrogens is 1. The van der Waals surface area contributed by atoms with Gasteiger partial charge in [-0.05, 0) is 25.3 Å². The van der Waals surface area contributed by atoms with E-state index in [1.807, 2.05) is 18.2 Å². The summed E-state index contributed by atoms with van der Waals surface area (Å²) in [6.45, 7) is 1.80.